The lowest BCUT2D eigenvalue weighted by Crippen LogP contribution is -2.53. The predicted octanol–water partition coefficient (Wildman–Crippen LogP) is 2.14. The molecule has 1 heterocycles. The first-order valence-electron chi connectivity index (χ1n) is 10.2. The van der Waals surface area contributed by atoms with Gasteiger partial charge in [0.05, 0.1) is 20.8 Å². The molecule has 0 aromatic heterocycles. The number of nitrogens with one attached hydrogen (secondary N) is 1. The van der Waals surface area contributed by atoms with Crippen molar-refractivity contribution >= 4 is 29.4 Å². The van der Waals surface area contributed by atoms with Crippen molar-refractivity contribution in [1.82, 2.24) is 15.1 Å². The molecule has 1 saturated heterocycles. The van der Waals surface area contributed by atoms with Gasteiger partial charge in [0.15, 0.2) is 0 Å². The van der Waals surface area contributed by atoms with Crippen LogP contribution in [-0.4, -0.2) is 74.5 Å². The lowest BCUT2D eigenvalue weighted by atomic mass is 10.0. The molecule has 170 valence electrons. The molecule has 1 fully saturated rings. The Balaban J connectivity index is 1.55. The molecule has 0 aliphatic carbocycles. The molecule has 0 radical (unpaired) electrons. The summed E-state index contributed by atoms with van der Waals surface area (Å²) >= 11 is 6.31. The van der Waals surface area contributed by atoms with Crippen molar-refractivity contribution in [2.45, 2.75) is 6.04 Å². The molecule has 0 bridgehead atoms. The van der Waals surface area contributed by atoms with Gasteiger partial charge in [-0.15, -0.1) is 0 Å². The van der Waals surface area contributed by atoms with Crippen molar-refractivity contribution in [1.29, 1.82) is 0 Å². The SMILES string of the molecule is COC(=O)C(c1ccccc1Cl)N1CCN(C(=O)CNC(=O)c2ccc(OC)cc2)CC1. The van der Waals surface area contributed by atoms with Crippen LogP contribution in [0.3, 0.4) is 0 Å². The van der Waals surface area contributed by atoms with Gasteiger partial charge < -0.3 is 19.7 Å². The van der Waals surface area contributed by atoms with Gasteiger partial charge in [-0.1, -0.05) is 29.8 Å². The number of nitrogens with zero attached hydrogens (tertiary/aromatic N) is 2. The topological polar surface area (TPSA) is 88.2 Å². The second kappa shape index (κ2) is 11.0. The lowest BCUT2D eigenvalue weighted by molar-refractivity contribution is -0.148. The third kappa shape index (κ3) is 5.57. The predicted molar refractivity (Wildman–Crippen MR) is 120 cm³/mol. The molecule has 32 heavy (non-hydrogen) atoms. The normalized spacial score (nSPS) is 15.0. The van der Waals surface area contributed by atoms with Crippen LogP contribution in [0, 0.1) is 0 Å². The number of carbonyl (C=O) groups is 3. The molecule has 2 aromatic rings. The highest BCUT2D eigenvalue weighted by Crippen LogP contribution is 2.29. The van der Waals surface area contributed by atoms with Crippen LogP contribution in [0.25, 0.3) is 0 Å². The summed E-state index contributed by atoms with van der Waals surface area (Å²) in [6.45, 7) is 1.70. The fourth-order valence-electron chi connectivity index (χ4n) is 3.62. The Hall–Kier alpha value is -3.10. The Morgan fingerprint density at radius 3 is 2.25 bits per heavy atom. The largest absolute Gasteiger partial charge is 0.497 e. The smallest absolute Gasteiger partial charge is 0.327 e. The van der Waals surface area contributed by atoms with Crippen LogP contribution < -0.4 is 10.1 Å². The minimum atomic E-state index is -0.638. The maximum absolute atomic E-state index is 12.6. The van der Waals surface area contributed by atoms with Gasteiger partial charge in [-0.05, 0) is 35.9 Å². The minimum Gasteiger partial charge on any atom is -0.497 e. The molecule has 1 atom stereocenters. The van der Waals surface area contributed by atoms with E-state index in [0.717, 1.165) is 0 Å². The quantitative estimate of drug-likeness (QED) is 0.638. The summed E-state index contributed by atoms with van der Waals surface area (Å²) in [4.78, 5) is 41.0. The van der Waals surface area contributed by atoms with E-state index in [4.69, 9.17) is 21.1 Å². The van der Waals surface area contributed by atoms with Gasteiger partial charge >= 0.3 is 5.97 Å². The van der Waals surface area contributed by atoms with E-state index in [1.807, 2.05) is 11.0 Å². The average molecular weight is 460 g/mol. The van der Waals surface area contributed by atoms with Crippen molar-refractivity contribution in [3.05, 3.63) is 64.7 Å². The Bertz CT molecular complexity index is 958. The second-order valence-corrected chi connectivity index (χ2v) is 7.68. The third-order valence-corrected chi connectivity index (χ3v) is 5.75. The number of rotatable bonds is 7. The summed E-state index contributed by atoms with van der Waals surface area (Å²) in [5.41, 5.74) is 1.12. The molecule has 0 spiro atoms. The van der Waals surface area contributed by atoms with Crippen LogP contribution in [0.15, 0.2) is 48.5 Å². The molecular formula is C23H26ClN3O5. The standard InChI is InChI=1S/C23H26ClN3O5/c1-31-17-9-7-16(8-10-17)22(29)25-15-20(28)26-11-13-27(14-12-26)21(23(30)32-2)18-5-3-4-6-19(18)24/h3-10,21H,11-15H2,1-2H3,(H,25,29). The first kappa shape index (κ1) is 23.6. The number of halogens is 1. The number of piperazine rings is 1. The molecule has 1 aliphatic rings. The molecule has 2 aromatic carbocycles. The van der Waals surface area contributed by atoms with Gasteiger partial charge in [0.2, 0.25) is 5.91 Å². The van der Waals surface area contributed by atoms with E-state index in [9.17, 15) is 14.4 Å². The van der Waals surface area contributed by atoms with Crippen LogP contribution >= 0.6 is 11.6 Å². The number of esters is 1. The van der Waals surface area contributed by atoms with Crippen LogP contribution in [-0.2, 0) is 14.3 Å². The van der Waals surface area contributed by atoms with E-state index in [0.29, 0.717) is 48.1 Å². The maximum Gasteiger partial charge on any atom is 0.327 e. The summed E-state index contributed by atoms with van der Waals surface area (Å²) in [5, 5.41) is 3.14. The number of methoxy groups -OCH3 is 2. The van der Waals surface area contributed by atoms with E-state index in [-0.39, 0.29) is 18.4 Å². The zero-order chi connectivity index (χ0) is 23.1. The van der Waals surface area contributed by atoms with Gasteiger partial charge in [-0.3, -0.25) is 14.5 Å². The number of carbonyl (C=O) groups excluding carboxylic acids is 3. The number of ether oxygens (including phenoxy) is 2. The maximum atomic E-state index is 12.6. The average Bonchev–Trinajstić information content (AvgIpc) is 2.84. The zero-order valence-electron chi connectivity index (χ0n) is 18.0. The molecule has 0 saturated carbocycles. The molecular weight excluding hydrogens is 434 g/mol. The Labute approximate surface area is 192 Å². The number of amides is 2. The Morgan fingerprint density at radius 1 is 1.00 bits per heavy atom. The van der Waals surface area contributed by atoms with Gasteiger partial charge in [0.1, 0.15) is 11.8 Å². The Kier molecular flexibility index (Phi) is 8.08. The minimum absolute atomic E-state index is 0.101. The van der Waals surface area contributed by atoms with Crippen molar-refractivity contribution in [2.24, 2.45) is 0 Å². The van der Waals surface area contributed by atoms with Gasteiger partial charge in [-0.25, -0.2) is 4.79 Å². The zero-order valence-corrected chi connectivity index (χ0v) is 18.8. The number of hydrogen-bond donors (Lipinski definition) is 1. The number of hydrogen-bond acceptors (Lipinski definition) is 6. The molecule has 9 heteroatoms. The third-order valence-electron chi connectivity index (χ3n) is 5.41. The lowest BCUT2D eigenvalue weighted by Gasteiger charge is -2.38. The summed E-state index contributed by atoms with van der Waals surface area (Å²) in [5.74, 6) is -0.259. The van der Waals surface area contributed by atoms with E-state index in [1.165, 1.54) is 7.11 Å². The van der Waals surface area contributed by atoms with E-state index in [2.05, 4.69) is 5.32 Å². The fraction of sp³-hybridized carbons (Fsp3) is 0.348. The van der Waals surface area contributed by atoms with Crippen LogP contribution in [0.4, 0.5) is 0 Å². The summed E-state index contributed by atoms with van der Waals surface area (Å²) in [7, 11) is 2.90. The summed E-state index contributed by atoms with van der Waals surface area (Å²) in [6.07, 6.45) is 0. The summed E-state index contributed by atoms with van der Waals surface area (Å²) < 4.78 is 10.1. The van der Waals surface area contributed by atoms with Crippen molar-refractivity contribution < 1.29 is 23.9 Å². The van der Waals surface area contributed by atoms with Crippen molar-refractivity contribution in [3.8, 4) is 5.75 Å². The highest BCUT2D eigenvalue weighted by molar-refractivity contribution is 6.31. The van der Waals surface area contributed by atoms with E-state index < -0.39 is 12.0 Å². The molecule has 8 nitrogen and oxygen atoms in total. The van der Waals surface area contributed by atoms with Gasteiger partial charge in [0, 0.05) is 36.8 Å². The van der Waals surface area contributed by atoms with E-state index in [1.54, 1.807) is 54.5 Å². The fourth-order valence-corrected chi connectivity index (χ4v) is 3.86. The molecule has 1 aliphatic heterocycles. The van der Waals surface area contributed by atoms with E-state index >= 15 is 0 Å². The van der Waals surface area contributed by atoms with Crippen LogP contribution in [0.2, 0.25) is 5.02 Å². The van der Waals surface area contributed by atoms with Crippen LogP contribution in [0.5, 0.6) is 5.75 Å². The first-order valence-corrected chi connectivity index (χ1v) is 10.6. The monoisotopic (exact) mass is 459 g/mol. The highest BCUT2D eigenvalue weighted by Gasteiger charge is 2.33. The number of benzene rings is 2. The van der Waals surface area contributed by atoms with Gasteiger partial charge in [0.25, 0.3) is 5.91 Å². The van der Waals surface area contributed by atoms with Crippen LogP contribution in [0.1, 0.15) is 22.0 Å². The molecule has 1 unspecified atom stereocenters. The molecule has 2 amide bonds. The highest BCUT2D eigenvalue weighted by atomic mass is 35.5. The first-order chi connectivity index (χ1) is 15.4. The summed E-state index contributed by atoms with van der Waals surface area (Å²) in [6, 6.07) is 13.2. The second-order valence-electron chi connectivity index (χ2n) is 7.28. The van der Waals surface area contributed by atoms with Crippen molar-refractivity contribution in [3.63, 3.8) is 0 Å². The Morgan fingerprint density at radius 2 is 1.66 bits per heavy atom. The van der Waals surface area contributed by atoms with Crippen molar-refractivity contribution in [2.75, 3.05) is 46.9 Å². The van der Waals surface area contributed by atoms with Gasteiger partial charge in [-0.2, -0.15) is 0 Å². The molecule has 1 N–H and O–H groups in total. The molecule has 3 rings (SSSR count).